The van der Waals surface area contributed by atoms with Gasteiger partial charge in [-0.1, -0.05) is 25.7 Å². The van der Waals surface area contributed by atoms with Gasteiger partial charge in [-0.3, -0.25) is 14.4 Å². The van der Waals surface area contributed by atoms with E-state index < -0.39 is 5.52 Å². The predicted molar refractivity (Wildman–Crippen MR) is 53.6 cm³/mol. The van der Waals surface area contributed by atoms with Crippen LogP contribution in [0.1, 0.15) is 38.5 Å². The molecule has 1 N–H and O–H groups in total. The molecule has 0 atom stereocenters. The fourth-order valence-electron chi connectivity index (χ4n) is 1.74. The van der Waals surface area contributed by atoms with E-state index in [0.29, 0.717) is 6.04 Å². The Kier molecular flexibility index (Phi) is 5.70. The van der Waals surface area contributed by atoms with Gasteiger partial charge in [0.15, 0.2) is 22.4 Å². The molecule has 74 valence electrons. The summed E-state index contributed by atoms with van der Waals surface area (Å²) in [5.41, 5.74) is -0.400. The second kappa shape index (κ2) is 6.59. The van der Waals surface area contributed by atoms with E-state index in [1.54, 1.807) is 0 Å². The summed E-state index contributed by atoms with van der Waals surface area (Å²) >= 11 is 0. The molecule has 1 aliphatic carbocycles. The summed E-state index contributed by atoms with van der Waals surface area (Å²) in [5.74, 6) is 0. The first-order valence-electron chi connectivity index (χ1n) is 4.78. The highest BCUT2D eigenvalue weighted by Crippen LogP contribution is 2.22. The molecule has 0 aliphatic heterocycles. The summed E-state index contributed by atoms with van der Waals surface area (Å²) in [6.07, 6.45) is 7.31. The normalized spacial score (nSPS) is 23.1. The highest BCUT2D eigenvalue weighted by Gasteiger charge is 2.16. The first-order valence-corrected chi connectivity index (χ1v) is 6.54. The highest BCUT2D eigenvalue weighted by molar-refractivity contribution is 7.44. The Balaban J connectivity index is 2.32. The standard InChI is InChI=1S/C8H15NO2P2/c10-12-8(13-11)9-7-5-3-1-2-4-6-7/h7-9H,1-6H2. The van der Waals surface area contributed by atoms with E-state index in [0.717, 1.165) is 12.8 Å². The van der Waals surface area contributed by atoms with Crippen molar-refractivity contribution in [2.45, 2.75) is 50.1 Å². The summed E-state index contributed by atoms with van der Waals surface area (Å²) in [7, 11) is -0.131. The Morgan fingerprint density at radius 2 is 1.54 bits per heavy atom. The molecule has 1 saturated carbocycles. The molecule has 0 amide bonds. The molecule has 0 saturated heterocycles. The van der Waals surface area contributed by atoms with E-state index in [2.05, 4.69) is 5.32 Å². The fraction of sp³-hybridized carbons (Fsp3) is 1.00. The Labute approximate surface area is 82.1 Å². The Morgan fingerprint density at radius 1 is 1.00 bits per heavy atom. The second-order valence-electron chi connectivity index (χ2n) is 3.44. The van der Waals surface area contributed by atoms with Crippen molar-refractivity contribution in [2.24, 2.45) is 0 Å². The van der Waals surface area contributed by atoms with Crippen molar-refractivity contribution in [1.82, 2.24) is 5.32 Å². The lowest BCUT2D eigenvalue weighted by atomic mass is 10.1. The molecule has 0 spiro atoms. The van der Waals surface area contributed by atoms with Gasteiger partial charge in [0.2, 0.25) is 0 Å². The summed E-state index contributed by atoms with van der Waals surface area (Å²) in [6.45, 7) is 0. The van der Waals surface area contributed by atoms with Crippen LogP contribution >= 0.6 is 16.9 Å². The summed E-state index contributed by atoms with van der Waals surface area (Å²) < 4.78 is 21.0. The molecular formula is C8H15NO2P2. The average Bonchev–Trinajstić information content (AvgIpc) is 2.42. The second-order valence-corrected chi connectivity index (χ2v) is 5.30. The number of nitrogens with one attached hydrogen (secondary N) is 1. The Hall–Kier alpha value is 0.160. The van der Waals surface area contributed by atoms with Gasteiger partial charge in [-0.05, 0) is 12.8 Å². The lowest BCUT2D eigenvalue weighted by molar-refractivity contribution is 0.471. The van der Waals surface area contributed by atoms with Crippen molar-refractivity contribution in [3.63, 3.8) is 0 Å². The van der Waals surface area contributed by atoms with Gasteiger partial charge in [-0.15, -0.1) is 0 Å². The highest BCUT2D eigenvalue weighted by atomic mass is 31.1. The van der Waals surface area contributed by atoms with Crippen LogP contribution in [0.15, 0.2) is 0 Å². The summed E-state index contributed by atoms with van der Waals surface area (Å²) in [5, 5.41) is 3.15. The van der Waals surface area contributed by atoms with Crippen LogP contribution in [-0.2, 0) is 9.13 Å². The molecular weight excluding hydrogens is 204 g/mol. The molecule has 1 rings (SSSR count). The van der Waals surface area contributed by atoms with Crippen LogP contribution in [0, 0.1) is 0 Å². The SMILES string of the molecule is O=PC(NC1CCCCCC1)P=O. The summed E-state index contributed by atoms with van der Waals surface area (Å²) in [4.78, 5) is 0. The van der Waals surface area contributed by atoms with Gasteiger partial charge >= 0.3 is 0 Å². The van der Waals surface area contributed by atoms with Crippen LogP contribution < -0.4 is 5.32 Å². The number of hydrogen-bond donors (Lipinski definition) is 1. The Morgan fingerprint density at radius 3 is 2.00 bits per heavy atom. The van der Waals surface area contributed by atoms with Gasteiger partial charge in [0.25, 0.3) is 0 Å². The van der Waals surface area contributed by atoms with E-state index in [-0.39, 0.29) is 16.9 Å². The van der Waals surface area contributed by atoms with E-state index in [1.807, 2.05) is 0 Å². The molecule has 3 nitrogen and oxygen atoms in total. The van der Waals surface area contributed by atoms with E-state index >= 15 is 0 Å². The van der Waals surface area contributed by atoms with Crippen LogP contribution in [0.3, 0.4) is 0 Å². The zero-order valence-corrected chi connectivity index (χ0v) is 9.40. The maximum atomic E-state index is 10.5. The van der Waals surface area contributed by atoms with Crippen molar-refractivity contribution >= 4 is 16.9 Å². The van der Waals surface area contributed by atoms with Crippen LogP contribution in [-0.4, -0.2) is 11.6 Å². The molecule has 13 heavy (non-hydrogen) atoms. The average molecular weight is 219 g/mol. The predicted octanol–water partition coefficient (Wildman–Crippen LogP) is 3.17. The van der Waals surface area contributed by atoms with E-state index in [1.165, 1.54) is 25.7 Å². The third-order valence-corrected chi connectivity index (χ3v) is 3.70. The lowest BCUT2D eigenvalue weighted by Gasteiger charge is -2.16. The minimum absolute atomic E-state index is 0.0653. The van der Waals surface area contributed by atoms with Crippen LogP contribution in [0.2, 0.25) is 0 Å². The number of rotatable bonds is 4. The van der Waals surface area contributed by atoms with Gasteiger partial charge in [-0.2, -0.15) is 0 Å². The largest absolute Gasteiger partial charge is 0.292 e. The van der Waals surface area contributed by atoms with Crippen molar-refractivity contribution in [2.75, 3.05) is 0 Å². The third-order valence-electron chi connectivity index (χ3n) is 2.44. The van der Waals surface area contributed by atoms with Gasteiger partial charge in [0.1, 0.15) is 0 Å². The molecule has 1 aliphatic rings. The van der Waals surface area contributed by atoms with E-state index in [4.69, 9.17) is 0 Å². The lowest BCUT2D eigenvalue weighted by Crippen LogP contribution is -2.31. The van der Waals surface area contributed by atoms with Crippen molar-refractivity contribution in [3.8, 4) is 0 Å². The van der Waals surface area contributed by atoms with Crippen molar-refractivity contribution in [1.29, 1.82) is 0 Å². The molecule has 0 heterocycles. The third kappa shape index (κ3) is 4.26. The van der Waals surface area contributed by atoms with Crippen LogP contribution in [0.5, 0.6) is 0 Å². The molecule has 0 aromatic carbocycles. The fourth-order valence-corrected chi connectivity index (χ4v) is 2.43. The first-order chi connectivity index (χ1) is 6.36. The zero-order valence-electron chi connectivity index (χ0n) is 7.61. The summed E-state index contributed by atoms with van der Waals surface area (Å²) in [6, 6.07) is 0.412. The molecule has 0 aromatic heterocycles. The smallest absolute Gasteiger partial charge is 0.187 e. The maximum Gasteiger partial charge on any atom is 0.187 e. The minimum atomic E-state index is -0.400. The quantitative estimate of drug-likeness (QED) is 0.583. The Bertz CT molecular complexity index is 162. The van der Waals surface area contributed by atoms with Gasteiger partial charge in [0.05, 0.1) is 0 Å². The van der Waals surface area contributed by atoms with Crippen LogP contribution in [0.4, 0.5) is 0 Å². The van der Waals surface area contributed by atoms with E-state index in [9.17, 15) is 9.13 Å². The van der Waals surface area contributed by atoms with Gasteiger partial charge in [0, 0.05) is 6.04 Å². The molecule has 0 bridgehead atoms. The maximum absolute atomic E-state index is 10.5. The number of hydrogen-bond acceptors (Lipinski definition) is 3. The molecule has 0 radical (unpaired) electrons. The topological polar surface area (TPSA) is 46.2 Å². The van der Waals surface area contributed by atoms with Crippen LogP contribution in [0.25, 0.3) is 0 Å². The van der Waals surface area contributed by atoms with Crippen molar-refractivity contribution in [3.05, 3.63) is 0 Å². The van der Waals surface area contributed by atoms with Gasteiger partial charge < -0.3 is 0 Å². The zero-order chi connectivity index (χ0) is 9.52. The molecule has 0 unspecified atom stereocenters. The van der Waals surface area contributed by atoms with Gasteiger partial charge in [-0.25, -0.2) is 0 Å². The first kappa shape index (κ1) is 11.2. The van der Waals surface area contributed by atoms with Crippen molar-refractivity contribution < 1.29 is 9.13 Å². The molecule has 1 fully saturated rings. The molecule has 0 aromatic rings. The molecule has 5 heteroatoms. The minimum Gasteiger partial charge on any atom is -0.292 e. The monoisotopic (exact) mass is 219 g/mol.